The lowest BCUT2D eigenvalue weighted by Gasteiger charge is -2.15. The number of sulfonamides is 1. The molecule has 0 fully saturated rings. The zero-order chi connectivity index (χ0) is 23.9. The number of pyridine rings is 1. The van der Waals surface area contributed by atoms with Gasteiger partial charge in [-0.25, -0.2) is 13.4 Å². The van der Waals surface area contributed by atoms with Crippen molar-refractivity contribution in [2.45, 2.75) is 32.6 Å². The number of aryl methyl sites for hydroxylation is 4. The second-order valence-corrected chi connectivity index (χ2v) is 9.62. The van der Waals surface area contributed by atoms with E-state index in [9.17, 15) is 13.7 Å². The maximum atomic E-state index is 13.3. The Morgan fingerprint density at radius 2 is 1.79 bits per heavy atom. The third-order valence-electron chi connectivity index (χ3n) is 5.39. The molecule has 0 aliphatic heterocycles. The van der Waals surface area contributed by atoms with Gasteiger partial charge in [0.15, 0.2) is 11.6 Å². The van der Waals surface area contributed by atoms with Gasteiger partial charge in [-0.1, -0.05) is 17.7 Å². The molecule has 0 unspecified atom stereocenters. The van der Waals surface area contributed by atoms with Gasteiger partial charge < -0.3 is 4.74 Å². The summed E-state index contributed by atoms with van der Waals surface area (Å²) in [6.07, 6.45) is 1.31. The van der Waals surface area contributed by atoms with Crippen molar-refractivity contribution in [1.82, 2.24) is 14.8 Å². The van der Waals surface area contributed by atoms with Crippen LogP contribution in [-0.2, 0) is 10.0 Å². The van der Waals surface area contributed by atoms with Crippen LogP contribution in [0.3, 0.4) is 0 Å². The molecule has 0 aliphatic rings. The molecule has 0 spiro atoms. The molecule has 4 aromatic rings. The number of aromatic nitrogens is 3. The average Bonchev–Trinajstić information content (AvgIpc) is 3.16. The van der Waals surface area contributed by atoms with E-state index >= 15 is 0 Å². The number of nitriles is 1. The highest BCUT2D eigenvalue weighted by molar-refractivity contribution is 7.92. The Morgan fingerprint density at radius 3 is 2.48 bits per heavy atom. The largest absolute Gasteiger partial charge is 0.495 e. The summed E-state index contributed by atoms with van der Waals surface area (Å²) in [5.74, 6) is 0.614. The minimum absolute atomic E-state index is 0.0112. The van der Waals surface area contributed by atoms with Crippen LogP contribution in [0.25, 0.3) is 16.7 Å². The molecule has 0 bridgehead atoms. The van der Waals surface area contributed by atoms with Gasteiger partial charge in [-0.15, -0.1) is 0 Å². The first-order valence-corrected chi connectivity index (χ1v) is 11.7. The Kier molecular flexibility index (Phi) is 5.56. The topological polar surface area (TPSA) is 110 Å². The van der Waals surface area contributed by atoms with Crippen molar-refractivity contribution >= 4 is 26.7 Å². The predicted octanol–water partition coefficient (Wildman–Crippen LogP) is 4.34. The van der Waals surface area contributed by atoms with E-state index < -0.39 is 10.0 Å². The van der Waals surface area contributed by atoms with E-state index in [1.165, 1.54) is 24.1 Å². The first kappa shape index (κ1) is 22.3. The first-order valence-electron chi connectivity index (χ1n) is 10.2. The summed E-state index contributed by atoms with van der Waals surface area (Å²) in [6.45, 7) is 7.75. The third kappa shape index (κ3) is 4.01. The molecule has 168 valence electrons. The lowest BCUT2D eigenvalue weighted by molar-refractivity contribution is 0.402. The number of benzene rings is 2. The first-order chi connectivity index (χ1) is 15.6. The van der Waals surface area contributed by atoms with Gasteiger partial charge in [0.05, 0.1) is 18.8 Å². The van der Waals surface area contributed by atoms with Crippen LogP contribution in [0.2, 0.25) is 0 Å². The second-order valence-electron chi connectivity index (χ2n) is 7.97. The van der Waals surface area contributed by atoms with Crippen molar-refractivity contribution in [3.8, 4) is 17.6 Å². The molecule has 2 aromatic carbocycles. The van der Waals surface area contributed by atoms with Crippen LogP contribution in [-0.4, -0.2) is 30.3 Å². The van der Waals surface area contributed by atoms with Crippen LogP contribution in [0.15, 0.2) is 47.5 Å². The van der Waals surface area contributed by atoms with Crippen molar-refractivity contribution < 1.29 is 13.2 Å². The fraction of sp³-hybridized carbons (Fsp3) is 0.208. The number of anilines is 1. The molecule has 0 atom stereocenters. The van der Waals surface area contributed by atoms with Crippen molar-refractivity contribution in [3.63, 3.8) is 0 Å². The van der Waals surface area contributed by atoms with Crippen LogP contribution >= 0.6 is 0 Å². The van der Waals surface area contributed by atoms with Crippen LogP contribution < -0.4 is 9.46 Å². The fourth-order valence-corrected chi connectivity index (χ4v) is 5.13. The summed E-state index contributed by atoms with van der Waals surface area (Å²) in [5.41, 5.74) is 4.70. The van der Waals surface area contributed by atoms with Crippen molar-refractivity contribution in [2.75, 3.05) is 11.8 Å². The van der Waals surface area contributed by atoms with Crippen LogP contribution in [0, 0.1) is 39.0 Å². The Bertz CT molecular complexity index is 1550. The van der Waals surface area contributed by atoms with E-state index in [0.29, 0.717) is 5.82 Å². The summed E-state index contributed by atoms with van der Waals surface area (Å²) in [5, 5.41) is 14.9. The minimum Gasteiger partial charge on any atom is -0.495 e. The monoisotopic (exact) mass is 461 g/mol. The van der Waals surface area contributed by atoms with E-state index in [-0.39, 0.29) is 22.0 Å². The number of hydrogen-bond acceptors (Lipinski definition) is 6. The smallest absolute Gasteiger partial charge is 0.266 e. The highest BCUT2D eigenvalue weighted by atomic mass is 32.2. The number of rotatable bonds is 5. The lowest BCUT2D eigenvalue weighted by atomic mass is 10.0. The van der Waals surface area contributed by atoms with Crippen LogP contribution in [0.1, 0.15) is 27.8 Å². The molecule has 0 saturated carbocycles. The van der Waals surface area contributed by atoms with E-state index in [1.54, 1.807) is 19.1 Å². The molecule has 0 radical (unpaired) electrons. The van der Waals surface area contributed by atoms with Gasteiger partial charge in [0.1, 0.15) is 22.3 Å². The molecule has 2 heterocycles. The van der Waals surface area contributed by atoms with E-state index in [1.807, 2.05) is 39.0 Å². The number of nitrogens with zero attached hydrogens (tertiary/aromatic N) is 4. The quantitative estimate of drug-likeness (QED) is 0.474. The molecule has 9 heteroatoms. The molecule has 33 heavy (non-hydrogen) atoms. The van der Waals surface area contributed by atoms with Gasteiger partial charge in [0.25, 0.3) is 10.0 Å². The standard InChI is InChI=1S/C24H23N5O3S/c1-14-6-7-20(32-5)21(10-14)33(30,31)28-24-18(12-25)13-26-29(24)22-11-16(3)19-9-15(2)8-17(4)23(19)27-22/h6-11,13,28H,1-5H3. The molecular weight excluding hydrogens is 438 g/mol. The van der Waals surface area contributed by atoms with Crippen molar-refractivity contribution in [1.29, 1.82) is 5.26 Å². The third-order valence-corrected chi connectivity index (χ3v) is 6.75. The van der Waals surface area contributed by atoms with E-state index in [4.69, 9.17) is 9.72 Å². The fourth-order valence-electron chi connectivity index (χ4n) is 3.81. The van der Waals surface area contributed by atoms with Crippen LogP contribution in [0.4, 0.5) is 5.82 Å². The van der Waals surface area contributed by atoms with Gasteiger partial charge in [-0.05, 0) is 68.7 Å². The number of methoxy groups -OCH3 is 1. The number of fused-ring (bicyclic) bond motifs is 1. The van der Waals surface area contributed by atoms with Gasteiger partial charge in [-0.2, -0.15) is 15.0 Å². The Balaban J connectivity index is 1.88. The molecule has 1 N–H and O–H groups in total. The zero-order valence-electron chi connectivity index (χ0n) is 19.0. The Morgan fingerprint density at radius 1 is 1.03 bits per heavy atom. The molecule has 4 rings (SSSR count). The van der Waals surface area contributed by atoms with Crippen molar-refractivity contribution in [2.24, 2.45) is 0 Å². The number of ether oxygens (including phenoxy) is 1. The van der Waals surface area contributed by atoms with E-state index in [2.05, 4.69) is 15.9 Å². The number of nitrogens with one attached hydrogen (secondary N) is 1. The molecule has 0 saturated heterocycles. The van der Waals surface area contributed by atoms with Gasteiger partial charge in [0, 0.05) is 5.39 Å². The van der Waals surface area contributed by atoms with Gasteiger partial charge in [-0.3, -0.25) is 4.72 Å². The predicted molar refractivity (Wildman–Crippen MR) is 126 cm³/mol. The molecule has 8 nitrogen and oxygen atoms in total. The maximum Gasteiger partial charge on any atom is 0.266 e. The Hall–Kier alpha value is -3.90. The Labute approximate surface area is 192 Å². The highest BCUT2D eigenvalue weighted by Crippen LogP contribution is 2.30. The zero-order valence-corrected chi connectivity index (χ0v) is 19.8. The second kappa shape index (κ2) is 8.22. The summed E-state index contributed by atoms with van der Waals surface area (Å²) in [4.78, 5) is 4.71. The van der Waals surface area contributed by atoms with Crippen molar-refractivity contribution in [3.05, 3.63) is 70.4 Å². The van der Waals surface area contributed by atoms with Gasteiger partial charge >= 0.3 is 0 Å². The minimum atomic E-state index is -4.09. The maximum absolute atomic E-state index is 13.3. The normalized spacial score (nSPS) is 11.4. The molecular formula is C24H23N5O3S. The molecule has 0 aliphatic carbocycles. The summed E-state index contributed by atoms with van der Waals surface area (Å²) >= 11 is 0. The molecule has 0 amide bonds. The summed E-state index contributed by atoms with van der Waals surface area (Å²) in [6, 6.07) is 12.8. The number of hydrogen-bond donors (Lipinski definition) is 1. The summed E-state index contributed by atoms with van der Waals surface area (Å²) < 4.78 is 35.7. The summed E-state index contributed by atoms with van der Waals surface area (Å²) in [7, 11) is -2.69. The van der Waals surface area contributed by atoms with E-state index in [0.717, 1.165) is 33.2 Å². The lowest BCUT2D eigenvalue weighted by Crippen LogP contribution is -2.18. The SMILES string of the molecule is COc1ccc(C)cc1S(=O)(=O)Nc1c(C#N)cnn1-c1cc(C)c2cc(C)cc(C)c2n1. The highest BCUT2D eigenvalue weighted by Gasteiger charge is 2.25. The van der Waals surface area contributed by atoms with Gasteiger partial charge in [0.2, 0.25) is 0 Å². The average molecular weight is 462 g/mol. The molecule has 2 aromatic heterocycles. The van der Waals surface area contributed by atoms with Crippen LogP contribution in [0.5, 0.6) is 5.75 Å².